The summed E-state index contributed by atoms with van der Waals surface area (Å²) in [5.41, 5.74) is 0.912. The Balaban J connectivity index is 2.32. The van der Waals surface area contributed by atoms with Crippen molar-refractivity contribution < 1.29 is 9.59 Å². The van der Waals surface area contributed by atoms with E-state index in [1.54, 1.807) is 18.2 Å². The Morgan fingerprint density at radius 3 is 2.72 bits per heavy atom. The summed E-state index contributed by atoms with van der Waals surface area (Å²) in [5.74, 6) is -0.116. The molecular weight excluding hydrogens is 252 g/mol. The zero-order chi connectivity index (χ0) is 13.3. The number of nitrogens with one attached hydrogen (secondary N) is 2. The first-order chi connectivity index (χ1) is 8.47. The lowest BCUT2D eigenvalue weighted by Crippen LogP contribution is -2.41. The fourth-order valence-electron chi connectivity index (χ4n) is 1.98. The zero-order valence-electron chi connectivity index (χ0n) is 10.3. The van der Waals surface area contributed by atoms with Gasteiger partial charge in [0.25, 0.3) is 5.91 Å². The van der Waals surface area contributed by atoms with E-state index in [1.165, 1.54) is 0 Å². The molecule has 96 valence electrons. The van der Waals surface area contributed by atoms with Gasteiger partial charge in [-0.15, -0.1) is 0 Å². The lowest BCUT2D eigenvalue weighted by Gasteiger charge is -2.16. The molecule has 2 N–H and O–H groups in total. The third kappa shape index (κ3) is 2.64. The highest BCUT2D eigenvalue weighted by Crippen LogP contribution is 2.24. The quantitative estimate of drug-likeness (QED) is 0.864. The van der Waals surface area contributed by atoms with E-state index in [0.29, 0.717) is 28.6 Å². The van der Waals surface area contributed by atoms with Gasteiger partial charge in [-0.2, -0.15) is 0 Å². The second-order valence-electron chi connectivity index (χ2n) is 4.83. The first-order valence-electron chi connectivity index (χ1n) is 5.88. The number of amides is 2. The predicted molar refractivity (Wildman–Crippen MR) is 70.8 cm³/mol. The largest absolute Gasteiger partial charge is 0.340 e. The number of carbonyl (C=O) groups is 2. The van der Waals surface area contributed by atoms with Gasteiger partial charge in [0.1, 0.15) is 6.04 Å². The normalized spacial score (nSPS) is 19.0. The Labute approximate surface area is 111 Å². The number of hydrogen-bond acceptors (Lipinski definition) is 2. The van der Waals surface area contributed by atoms with Gasteiger partial charge in [0.15, 0.2) is 0 Å². The molecule has 1 aromatic rings. The van der Waals surface area contributed by atoms with E-state index in [4.69, 9.17) is 11.6 Å². The fourth-order valence-corrected chi connectivity index (χ4v) is 2.15. The van der Waals surface area contributed by atoms with Crippen LogP contribution in [0.3, 0.4) is 0 Å². The van der Waals surface area contributed by atoms with Crippen molar-refractivity contribution in [1.29, 1.82) is 0 Å². The molecule has 1 unspecified atom stereocenters. The van der Waals surface area contributed by atoms with E-state index >= 15 is 0 Å². The second kappa shape index (κ2) is 4.98. The van der Waals surface area contributed by atoms with Crippen molar-refractivity contribution in [2.45, 2.75) is 26.3 Å². The molecular formula is C13H15ClN2O2. The van der Waals surface area contributed by atoms with Crippen LogP contribution in [0, 0.1) is 5.92 Å². The van der Waals surface area contributed by atoms with E-state index in [-0.39, 0.29) is 11.8 Å². The molecule has 5 heteroatoms. The van der Waals surface area contributed by atoms with Crippen LogP contribution in [0.25, 0.3) is 0 Å². The highest BCUT2D eigenvalue weighted by molar-refractivity contribution is 6.31. The Kier molecular flexibility index (Phi) is 3.57. The summed E-state index contributed by atoms with van der Waals surface area (Å²) >= 11 is 5.86. The molecule has 0 aliphatic carbocycles. The summed E-state index contributed by atoms with van der Waals surface area (Å²) in [6.07, 6.45) is 0.610. The number of rotatable bonds is 2. The minimum absolute atomic E-state index is 0.196. The minimum Gasteiger partial charge on any atom is -0.340 e. The average molecular weight is 267 g/mol. The highest BCUT2D eigenvalue weighted by atomic mass is 35.5. The van der Waals surface area contributed by atoms with Gasteiger partial charge in [0, 0.05) is 5.02 Å². The maximum Gasteiger partial charge on any atom is 0.254 e. The Morgan fingerprint density at radius 1 is 1.33 bits per heavy atom. The van der Waals surface area contributed by atoms with Crippen LogP contribution < -0.4 is 10.6 Å². The molecule has 4 nitrogen and oxygen atoms in total. The predicted octanol–water partition coefficient (Wildman–Crippen LogP) is 2.44. The van der Waals surface area contributed by atoms with Crippen LogP contribution in [0.15, 0.2) is 18.2 Å². The Bertz CT molecular complexity index is 500. The van der Waals surface area contributed by atoms with Gasteiger partial charge in [0.05, 0.1) is 11.3 Å². The number of anilines is 1. The molecule has 1 aromatic carbocycles. The van der Waals surface area contributed by atoms with Crippen molar-refractivity contribution in [3.8, 4) is 0 Å². The lowest BCUT2D eigenvalue weighted by atomic mass is 10.0. The van der Waals surface area contributed by atoms with Crippen LogP contribution in [-0.2, 0) is 4.79 Å². The molecule has 1 atom stereocenters. The first-order valence-corrected chi connectivity index (χ1v) is 6.26. The van der Waals surface area contributed by atoms with Crippen molar-refractivity contribution in [2.24, 2.45) is 5.92 Å². The van der Waals surface area contributed by atoms with Gasteiger partial charge in [-0.3, -0.25) is 9.59 Å². The van der Waals surface area contributed by atoms with Crippen LogP contribution in [0.1, 0.15) is 30.6 Å². The van der Waals surface area contributed by atoms with Crippen molar-refractivity contribution in [2.75, 3.05) is 5.32 Å². The minimum atomic E-state index is -0.497. The van der Waals surface area contributed by atoms with E-state index in [2.05, 4.69) is 10.6 Å². The van der Waals surface area contributed by atoms with Crippen LogP contribution in [0.5, 0.6) is 0 Å². The lowest BCUT2D eigenvalue weighted by molar-refractivity contribution is -0.118. The molecule has 1 heterocycles. The first kappa shape index (κ1) is 12.9. The van der Waals surface area contributed by atoms with Crippen molar-refractivity contribution in [3.05, 3.63) is 28.8 Å². The van der Waals surface area contributed by atoms with Gasteiger partial charge in [0.2, 0.25) is 5.91 Å². The summed E-state index contributed by atoms with van der Waals surface area (Å²) in [4.78, 5) is 24.0. The number of benzene rings is 1. The van der Waals surface area contributed by atoms with Crippen LogP contribution in [0.4, 0.5) is 5.69 Å². The second-order valence-corrected chi connectivity index (χ2v) is 5.27. The number of hydrogen-bond donors (Lipinski definition) is 2. The van der Waals surface area contributed by atoms with Crippen molar-refractivity contribution in [3.63, 3.8) is 0 Å². The van der Waals surface area contributed by atoms with Gasteiger partial charge in [-0.05, 0) is 30.5 Å². The molecule has 1 aliphatic heterocycles. The van der Waals surface area contributed by atoms with Gasteiger partial charge >= 0.3 is 0 Å². The summed E-state index contributed by atoms with van der Waals surface area (Å²) in [7, 11) is 0. The van der Waals surface area contributed by atoms with Gasteiger partial charge in [-0.25, -0.2) is 0 Å². The molecule has 0 aromatic heterocycles. The summed E-state index contributed by atoms with van der Waals surface area (Å²) in [6.45, 7) is 4.02. The molecule has 0 fully saturated rings. The third-order valence-corrected chi connectivity index (χ3v) is 3.05. The van der Waals surface area contributed by atoms with E-state index in [9.17, 15) is 9.59 Å². The summed E-state index contributed by atoms with van der Waals surface area (Å²) in [5, 5.41) is 5.97. The average Bonchev–Trinajstić information content (AvgIpc) is 2.36. The Hall–Kier alpha value is -1.55. The number of halogens is 1. The van der Waals surface area contributed by atoms with Crippen LogP contribution in [-0.4, -0.2) is 17.9 Å². The topological polar surface area (TPSA) is 58.2 Å². The highest BCUT2D eigenvalue weighted by Gasteiger charge is 2.28. The maximum absolute atomic E-state index is 12.0. The molecule has 0 saturated carbocycles. The zero-order valence-corrected chi connectivity index (χ0v) is 11.0. The third-order valence-electron chi connectivity index (χ3n) is 2.81. The van der Waals surface area contributed by atoms with Crippen molar-refractivity contribution in [1.82, 2.24) is 5.32 Å². The number of fused-ring (bicyclic) bond motifs is 1. The number of carbonyl (C=O) groups excluding carboxylic acids is 2. The molecule has 2 rings (SSSR count). The maximum atomic E-state index is 12.0. The molecule has 0 spiro atoms. The van der Waals surface area contributed by atoms with Crippen LogP contribution >= 0.6 is 11.6 Å². The summed E-state index contributed by atoms with van der Waals surface area (Å²) in [6, 6.07) is 4.34. The van der Waals surface area contributed by atoms with E-state index < -0.39 is 6.04 Å². The molecule has 1 aliphatic rings. The van der Waals surface area contributed by atoms with E-state index in [1.807, 2.05) is 13.8 Å². The summed E-state index contributed by atoms with van der Waals surface area (Å²) < 4.78 is 0. The molecule has 18 heavy (non-hydrogen) atoms. The van der Waals surface area contributed by atoms with E-state index in [0.717, 1.165) is 0 Å². The smallest absolute Gasteiger partial charge is 0.254 e. The SMILES string of the molecule is CC(C)CC1NC(=O)c2ccc(Cl)cc2NC1=O. The molecule has 0 bridgehead atoms. The van der Waals surface area contributed by atoms with Gasteiger partial charge < -0.3 is 10.6 Å². The molecule has 0 saturated heterocycles. The molecule has 0 radical (unpaired) electrons. The van der Waals surface area contributed by atoms with Gasteiger partial charge in [-0.1, -0.05) is 25.4 Å². The monoisotopic (exact) mass is 266 g/mol. The Morgan fingerprint density at radius 2 is 2.06 bits per heavy atom. The van der Waals surface area contributed by atoms with Crippen LogP contribution in [0.2, 0.25) is 5.02 Å². The molecule has 2 amide bonds. The van der Waals surface area contributed by atoms with Crippen molar-refractivity contribution >= 4 is 29.1 Å². The standard InChI is InChI=1S/C13H15ClN2O2/c1-7(2)5-11-13(18)15-10-6-8(14)3-4-9(10)12(17)16-11/h3-4,6-7,11H,5H2,1-2H3,(H,15,18)(H,16,17). The fraction of sp³-hybridized carbons (Fsp3) is 0.385.